The van der Waals surface area contributed by atoms with E-state index in [2.05, 4.69) is 5.32 Å². The lowest BCUT2D eigenvalue weighted by Crippen LogP contribution is -2.35. The molecule has 2 amide bonds. The summed E-state index contributed by atoms with van der Waals surface area (Å²) in [4.78, 5) is 39.2. The molecule has 13 heteroatoms. The molecule has 0 saturated carbocycles. The second-order valence-corrected chi connectivity index (χ2v) is 10.7. The van der Waals surface area contributed by atoms with Crippen molar-refractivity contribution in [1.29, 1.82) is 5.41 Å². The molecule has 214 valence electrons. The van der Waals surface area contributed by atoms with Gasteiger partial charge in [0.25, 0.3) is 5.91 Å². The highest BCUT2D eigenvalue weighted by Crippen LogP contribution is 2.34. The summed E-state index contributed by atoms with van der Waals surface area (Å²) in [6, 6.07) is 8.37. The van der Waals surface area contributed by atoms with Crippen LogP contribution in [0.1, 0.15) is 28.7 Å². The van der Waals surface area contributed by atoms with Crippen molar-refractivity contribution in [3.63, 3.8) is 0 Å². The monoisotopic (exact) mass is 595 g/mol. The van der Waals surface area contributed by atoms with E-state index in [0.29, 0.717) is 42.1 Å². The molecule has 1 heterocycles. The summed E-state index contributed by atoms with van der Waals surface area (Å²) >= 11 is 6.48. The van der Waals surface area contributed by atoms with Crippen LogP contribution in [-0.4, -0.2) is 66.7 Å². The summed E-state index contributed by atoms with van der Waals surface area (Å²) in [5, 5.41) is 10.7. The number of nitrogens with one attached hydrogen (secondary N) is 2. The van der Waals surface area contributed by atoms with E-state index in [4.69, 9.17) is 22.7 Å². The molecule has 0 radical (unpaired) electrons. The summed E-state index contributed by atoms with van der Waals surface area (Å²) in [5.74, 6) is -0.602. The average molecular weight is 596 g/mol. The molecule has 3 rings (SSSR count). The highest BCUT2D eigenvalue weighted by molar-refractivity contribution is 8.16. The SMILES string of the molecule is CN(C[C@@H]1CCN(CC(N)=O)C1)C(=O)/C(=C/c1ccc(NCc2ccc(Cl)cc2C(F)(F)F)c(C=N)c1)SC=O. The molecule has 2 aromatic rings. The first-order chi connectivity index (χ1) is 18.9. The molecule has 8 nitrogen and oxygen atoms in total. The van der Waals surface area contributed by atoms with Gasteiger partial charge in [0, 0.05) is 49.2 Å². The number of hydrogen-bond donors (Lipinski definition) is 3. The first-order valence-corrected chi connectivity index (χ1v) is 13.5. The molecule has 1 saturated heterocycles. The third-order valence-corrected chi connectivity index (χ3v) is 7.27. The Morgan fingerprint density at radius 1 is 1.27 bits per heavy atom. The van der Waals surface area contributed by atoms with Crippen LogP contribution in [0.25, 0.3) is 6.08 Å². The fourth-order valence-electron chi connectivity index (χ4n) is 4.54. The number of hydrogen-bond acceptors (Lipinski definition) is 7. The van der Waals surface area contributed by atoms with Gasteiger partial charge in [0.05, 0.1) is 17.0 Å². The van der Waals surface area contributed by atoms with Gasteiger partial charge >= 0.3 is 6.18 Å². The Kier molecular flexibility index (Phi) is 10.8. The first-order valence-electron chi connectivity index (χ1n) is 12.2. The molecular weight excluding hydrogens is 567 g/mol. The Morgan fingerprint density at radius 2 is 2.02 bits per heavy atom. The molecule has 2 aromatic carbocycles. The van der Waals surface area contributed by atoms with Crippen molar-refractivity contribution in [1.82, 2.24) is 9.80 Å². The van der Waals surface area contributed by atoms with E-state index < -0.39 is 17.6 Å². The van der Waals surface area contributed by atoms with E-state index in [0.717, 1.165) is 30.5 Å². The molecule has 0 bridgehead atoms. The van der Waals surface area contributed by atoms with Crippen LogP contribution in [0.5, 0.6) is 0 Å². The van der Waals surface area contributed by atoms with Crippen molar-refractivity contribution < 1.29 is 27.6 Å². The standard InChI is InChI=1S/C27H29ClF3N5O3S/c1-35(13-18-6-7-36(14-18)15-25(33)38)26(39)24(40-16-37)9-17-2-5-23(20(8-17)11-32)34-12-19-3-4-21(28)10-22(19)27(29,30)31/h2-5,8-11,16,18,32,34H,6-7,12-15H2,1H3,(H2,33,38)/b24-9-,32-11?/t18-/m0/s1. The Bertz CT molecular complexity index is 1300. The van der Waals surface area contributed by atoms with Crippen molar-refractivity contribution >= 4 is 58.8 Å². The fourth-order valence-corrected chi connectivity index (χ4v) is 5.28. The van der Waals surface area contributed by atoms with Gasteiger partial charge in [-0.2, -0.15) is 13.2 Å². The Labute approximate surface area is 239 Å². The molecule has 1 atom stereocenters. The van der Waals surface area contributed by atoms with Crippen molar-refractivity contribution in [3.05, 3.63) is 68.6 Å². The average Bonchev–Trinajstić information content (AvgIpc) is 3.32. The van der Waals surface area contributed by atoms with E-state index >= 15 is 0 Å². The molecule has 0 unspecified atom stereocenters. The molecule has 0 aromatic heterocycles. The zero-order valence-corrected chi connectivity index (χ0v) is 23.2. The number of primary amides is 1. The second kappa shape index (κ2) is 13.8. The molecule has 1 fully saturated rings. The van der Waals surface area contributed by atoms with Gasteiger partial charge in [0.15, 0.2) is 5.62 Å². The number of nitrogens with zero attached hydrogens (tertiary/aromatic N) is 2. The van der Waals surface area contributed by atoms with E-state index in [1.807, 2.05) is 4.90 Å². The smallest absolute Gasteiger partial charge is 0.380 e. The Hall–Kier alpha value is -3.35. The molecule has 40 heavy (non-hydrogen) atoms. The zero-order chi connectivity index (χ0) is 29.4. The van der Waals surface area contributed by atoms with Crippen molar-refractivity contribution in [3.8, 4) is 0 Å². The number of nitrogens with two attached hydrogens (primary N) is 1. The number of alkyl halides is 3. The number of likely N-dealkylation sites (N-methyl/N-ethyl adjacent to an activating group) is 1. The van der Waals surface area contributed by atoms with Gasteiger partial charge in [0.1, 0.15) is 0 Å². The lowest BCUT2D eigenvalue weighted by Gasteiger charge is -2.22. The number of carbonyl (C=O) groups is 3. The minimum atomic E-state index is -4.58. The number of anilines is 1. The summed E-state index contributed by atoms with van der Waals surface area (Å²) in [6.07, 6.45) is -1.19. The van der Waals surface area contributed by atoms with Crippen LogP contribution in [0.3, 0.4) is 0 Å². The third-order valence-electron chi connectivity index (χ3n) is 6.39. The van der Waals surface area contributed by atoms with E-state index in [-0.39, 0.29) is 40.4 Å². The maximum Gasteiger partial charge on any atom is 0.416 e. The van der Waals surface area contributed by atoms with Gasteiger partial charge in [-0.1, -0.05) is 23.7 Å². The van der Waals surface area contributed by atoms with Gasteiger partial charge in [-0.15, -0.1) is 0 Å². The van der Waals surface area contributed by atoms with Gasteiger partial charge in [0.2, 0.25) is 5.91 Å². The lowest BCUT2D eigenvalue weighted by molar-refractivity contribution is -0.138. The van der Waals surface area contributed by atoms with Crippen LogP contribution < -0.4 is 11.1 Å². The maximum absolute atomic E-state index is 13.4. The van der Waals surface area contributed by atoms with Crippen LogP contribution in [0.15, 0.2) is 41.3 Å². The van der Waals surface area contributed by atoms with Crippen molar-refractivity contribution in [2.75, 3.05) is 38.5 Å². The Balaban J connectivity index is 1.73. The lowest BCUT2D eigenvalue weighted by atomic mass is 10.1. The number of benzene rings is 2. The van der Waals surface area contributed by atoms with E-state index in [1.165, 1.54) is 23.1 Å². The summed E-state index contributed by atoms with van der Waals surface area (Å²) in [5.41, 5.74) is 6.30. The zero-order valence-electron chi connectivity index (χ0n) is 21.6. The fraction of sp³-hybridized carbons (Fsp3) is 0.333. The number of carbonyl (C=O) groups excluding carboxylic acids is 3. The number of amides is 2. The summed E-state index contributed by atoms with van der Waals surface area (Å²) in [6.45, 7) is 1.80. The minimum Gasteiger partial charge on any atom is -0.380 e. The van der Waals surface area contributed by atoms with Gasteiger partial charge in [-0.05, 0) is 72.1 Å². The highest BCUT2D eigenvalue weighted by Gasteiger charge is 2.33. The molecular formula is C27H29ClF3N5O3S. The van der Waals surface area contributed by atoms with E-state index in [9.17, 15) is 27.6 Å². The number of rotatable bonds is 12. The molecule has 0 aliphatic carbocycles. The molecule has 0 spiro atoms. The second-order valence-electron chi connectivity index (χ2n) is 9.41. The van der Waals surface area contributed by atoms with Crippen LogP contribution in [0.2, 0.25) is 5.02 Å². The summed E-state index contributed by atoms with van der Waals surface area (Å²) in [7, 11) is 1.64. The normalized spacial score (nSPS) is 16.0. The Morgan fingerprint density at radius 3 is 2.67 bits per heavy atom. The molecule has 4 N–H and O–H groups in total. The first kappa shape index (κ1) is 31.2. The maximum atomic E-state index is 13.4. The van der Waals surface area contributed by atoms with Gasteiger partial charge in [-0.25, -0.2) is 0 Å². The summed E-state index contributed by atoms with van der Waals surface area (Å²) < 4.78 is 40.3. The highest BCUT2D eigenvalue weighted by atomic mass is 35.5. The van der Waals surface area contributed by atoms with Crippen LogP contribution in [-0.2, 0) is 27.1 Å². The predicted molar refractivity (Wildman–Crippen MR) is 152 cm³/mol. The minimum absolute atomic E-state index is 0.00452. The molecule has 1 aliphatic rings. The topological polar surface area (TPSA) is 120 Å². The van der Waals surface area contributed by atoms with Crippen LogP contribution in [0, 0.1) is 11.3 Å². The largest absolute Gasteiger partial charge is 0.416 e. The van der Waals surface area contributed by atoms with Crippen LogP contribution in [0.4, 0.5) is 18.9 Å². The number of thioether (sulfide) groups is 1. The van der Waals surface area contributed by atoms with Gasteiger partial charge in [-0.3, -0.25) is 19.3 Å². The van der Waals surface area contributed by atoms with E-state index in [1.54, 1.807) is 25.2 Å². The van der Waals surface area contributed by atoms with Crippen molar-refractivity contribution in [2.45, 2.75) is 19.1 Å². The number of halogens is 4. The van der Waals surface area contributed by atoms with Crippen molar-refractivity contribution in [2.24, 2.45) is 11.7 Å². The quantitative estimate of drug-likeness (QED) is 0.189. The third kappa shape index (κ3) is 8.57. The predicted octanol–water partition coefficient (Wildman–Crippen LogP) is 4.50. The van der Waals surface area contributed by atoms with Crippen LogP contribution >= 0.6 is 23.4 Å². The van der Waals surface area contributed by atoms with Gasteiger partial charge < -0.3 is 21.4 Å². The number of likely N-dealkylation sites (tertiary alicyclic amines) is 1. The molecule has 1 aliphatic heterocycles.